The van der Waals surface area contributed by atoms with Crippen molar-refractivity contribution < 1.29 is 18.9 Å². The first-order chi connectivity index (χ1) is 44.4. The lowest BCUT2D eigenvalue weighted by molar-refractivity contribution is 0.425. The van der Waals surface area contributed by atoms with Gasteiger partial charge in [-0.3, -0.25) is 0 Å². The van der Waals surface area contributed by atoms with Crippen molar-refractivity contribution in [2.75, 3.05) is 0 Å². The van der Waals surface area contributed by atoms with E-state index in [0.717, 1.165) is 111 Å². The van der Waals surface area contributed by atoms with Crippen LogP contribution in [0, 0.1) is 0 Å². The molecule has 0 aliphatic rings. The van der Waals surface area contributed by atoms with Gasteiger partial charge >= 0.3 is 7.12 Å². The largest absolute Gasteiger partial charge is 0.492 e. The fourth-order valence-corrected chi connectivity index (χ4v) is 13.4. The van der Waals surface area contributed by atoms with Crippen LogP contribution in [0.3, 0.4) is 0 Å². The molecular formula is C83H56BClN2O4. The summed E-state index contributed by atoms with van der Waals surface area (Å²) in [6.45, 7) is 0. The summed E-state index contributed by atoms with van der Waals surface area (Å²) < 4.78 is 13.3. The fraction of sp³-hybridized carbons (Fsp3) is 0.0120. The van der Waals surface area contributed by atoms with Crippen molar-refractivity contribution in [2.45, 2.75) is 7.43 Å². The van der Waals surface area contributed by atoms with E-state index in [1.165, 1.54) is 48.5 Å². The Hall–Kier alpha value is -11.2. The number of rotatable bonds is 6. The Balaban J connectivity index is 0.000000123. The average molecular weight is 1190 g/mol. The summed E-state index contributed by atoms with van der Waals surface area (Å²) in [5, 5.41) is 38.6. The van der Waals surface area contributed by atoms with Gasteiger partial charge < -0.3 is 18.9 Å². The van der Waals surface area contributed by atoms with Crippen molar-refractivity contribution in [1.82, 2.24) is 9.97 Å². The minimum Gasteiger partial charge on any atom is -0.456 e. The van der Waals surface area contributed by atoms with E-state index in [9.17, 15) is 10.0 Å². The number of furan rings is 2. The zero-order valence-electron chi connectivity index (χ0n) is 48.4. The number of hydrogen-bond donors (Lipinski definition) is 2. The van der Waals surface area contributed by atoms with Gasteiger partial charge in [0.25, 0.3) is 0 Å². The van der Waals surface area contributed by atoms with Gasteiger partial charge in [-0.05, 0) is 95.8 Å². The van der Waals surface area contributed by atoms with E-state index in [1.807, 2.05) is 103 Å². The second-order valence-corrected chi connectivity index (χ2v) is 23.0. The Morgan fingerprint density at radius 2 is 0.549 bits per heavy atom. The van der Waals surface area contributed by atoms with Crippen molar-refractivity contribution in [2.24, 2.45) is 0 Å². The first-order valence-corrected chi connectivity index (χ1v) is 30.4. The Labute approximate surface area is 530 Å². The predicted octanol–water partition coefficient (Wildman–Crippen LogP) is 21.9. The Morgan fingerprint density at radius 1 is 0.264 bits per heavy atom. The van der Waals surface area contributed by atoms with Crippen LogP contribution in [0.1, 0.15) is 7.43 Å². The summed E-state index contributed by atoms with van der Waals surface area (Å²) in [6, 6.07) is 104. The smallest absolute Gasteiger partial charge is 0.456 e. The highest BCUT2D eigenvalue weighted by Gasteiger charge is 2.23. The number of benzene rings is 14. The standard InChI is InChI=1S/C41H25NO.C24H15BO3.C17H12ClN.CH4/c1-3-12-26(13-4-1)37-24-28(25-38(42-37)27-14-5-2-6-15-27)29-20-11-21-35-36-23-22-34-32-18-8-7-16-30(32)31-17-9-10-19-33(31)39(34)41(36)43-40(29)35;26-25(27)21-11-5-10-19-20-13-12-18-16-8-2-1-6-14(16)15-7-3-4-9-17(15)22(18)24(20)28-23(19)21;18-15-11-16(13-7-3-1-4-8-13)19-17(12-15)14-9-5-2-6-10-14;/h1-25H;1-13,26-27H;1-12H;1H4. The summed E-state index contributed by atoms with van der Waals surface area (Å²) in [7, 11) is -1.58. The molecule has 0 amide bonds. The van der Waals surface area contributed by atoms with E-state index in [1.54, 1.807) is 6.07 Å². The van der Waals surface area contributed by atoms with Crippen LogP contribution in [0.25, 0.3) is 165 Å². The minimum absolute atomic E-state index is 0. The zero-order valence-corrected chi connectivity index (χ0v) is 49.2. The maximum atomic E-state index is 9.77. The molecule has 4 heterocycles. The maximum absolute atomic E-state index is 9.77. The number of halogens is 1. The predicted molar refractivity (Wildman–Crippen MR) is 383 cm³/mol. The van der Waals surface area contributed by atoms with E-state index in [4.69, 9.17) is 25.4 Å². The van der Waals surface area contributed by atoms with Gasteiger partial charge in [-0.15, -0.1) is 0 Å². The molecule has 0 atom stereocenters. The van der Waals surface area contributed by atoms with Crippen molar-refractivity contribution >= 4 is 133 Å². The number of aromatic nitrogens is 2. The molecule has 0 unspecified atom stereocenters. The number of nitrogens with zero attached hydrogens (tertiary/aromatic N) is 2. The van der Waals surface area contributed by atoms with Crippen molar-refractivity contribution in [3.63, 3.8) is 0 Å². The van der Waals surface area contributed by atoms with Crippen LogP contribution in [0.2, 0.25) is 5.02 Å². The average Bonchev–Trinajstić information content (AvgIpc) is 1.68. The molecule has 0 saturated heterocycles. The quantitative estimate of drug-likeness (QED) is 0.127. The van der Waals surface area contributed by atoms with Crippen LogP contribution >= 0.6 is 11.6 Å². The van der Waals surface area contributed by atoms with Crippen molar-refractivity contribution in [3.8, 4) is 56.2 Å². The lowest BCUT2D eigenvalue weighted by Crippen LogP contribution is -2.29. The Kier molecular flexibility index (Phi) is 14.7. The summed E-state index contributed by atoms with van der Waals surface area (Å²) in [5.74, 6) is 0. The molecule has 0 aliphatic carbocycles. The highest BCUT2D eigenvalue weighted by atomic mass is 35.5. The van der Waals surface area contributed by atoms with Gasteiger partial charge in [-0.25, -0.2) is 9.97 Å². The SMILES string of the molecule is C.Clc1cc(-c2ccccc2)nc(-c2ccccc2)c1.OB(O)c1cccc2c1oc1c2ccc2c3ccccc3c3ccccc3c21.c1ccc(-c2cc(-c3cccc4c3oc3c4ccc4c5ccccc5c5ccccc5c43)cc(-c3ccccc3)n2)cc1. The van der Waals surface area contributed by atoms with E-state index in [-0.39, 0.29) is 7.43 Å². The highest BCUT2D eigenvalue weighted by Crippen LogP contribution is 2.46. The molecule has 0 spiro atoms. The molecule has 18 rings (SSSR count). The third-order valence-electron chi connectivity index (χ3n) is 17.3. The molecular weight excluding hydrogens is 1140 g/mol. The zero-order chi connectivity index (χ0) is 60.2. The second-order valence-electron chi connectivity index (χ2n) is 22.5. The monoisotopic (exact) mass is 1190 g/mol. The summed E-state index contributed by atoms with van der Waals surface area (Å²) in [6.07, 6.45) is 0. The van der Waals surface area contributed by atoms with Gasteiger partial charge in [-0.2, -0.15) is 0 Å². The maximum Gasteiger partial charge on any atom is 0.492 e. The fourth-order valence-electron chi connectivity index (χ4n) is 13.1. The van der Waals surface area contributed by atoms with E-state index >= 15 is 0 Å². The van der Waals surface area contributed by atoms with Gasteiger partial charge in [0.15, 0.2) is 0 Å². The van der Waals surface area contributed by atoms with E-state index in [2.05, 4.69) is 199 Å². The number of fused-ring (bicyclic) bond motifs is 20. The molecule has 0 aliphatic heterocycles. The van der Waals surface area contributed by atoms with Gasteiger partial charge in [0.1, 0.15) is 22.3 Å². The van der Waals surface area contributed by atoms with Crippen LogP contribution in [-0.4, -0.2) is 27.1 Å². The molecule has 18 aromatic rings. The Morgan fingerprint density at radius 3 is 0.945 bits per heavy atom. The number of hydrogen-bond acceptors (Lipinski definition) is 6. The Bertz CT molecular complexity index is 5590. The van der Waals surface area contributed by atoms with E-state index in [0.29, 0.717) is 16.1 Å². The first kappa shape index (κ1) is 56.3. The first-order valence-electron chi connectivity index (χ1n) is 30.0. The topological polar surface area (TPSA) is 92.5 Å². The van der Waals surface area contributed by atoms with Crippen LogP contribution < -0.4 is 5.46 Å². The molecule has 0 saturated carbocycles. The number of para-hydroxylation sites is 2. The molecule has 0 radical (unpaired) electrons. The third kappa shape index (κ3) is 10.1. The van der Waals surface area contributed by atoms with Crippen LogP contribution in [-0.2, 0) is 0 Å². The minimum atomic E-state index is -1.58. The highest BCUT2D eigenvalue weighted by molar-refractivity contribution is 6.62. The molecule has 0 fully saturated rings. The van der Waals surface area contributed by atoms with Crippen molar-refractivity contribution in [3.05, 3.63) is 308 Å². The van der Waals surface area contributed by atoms with Crippen LogP contribution in [0.15, 0.2) is 312 Å². The number of pyridine rings is 2. The summed E-state index contributed by atoms with van der Waals surface area (Å²) >= 11 is 6.21. The lowest BCUT2D eigenvalue weighted by Gasteiger charge is -2.11. The van der Waals surface area contributed by atoms with Gasteiger partial charge in [0, 0.05) is 70.6 Å². The summed E-state index contributed by atoms with van der Waals surface area (Å²) in [4.78, 5) is 9.79. The summed E-state index contributed by atoms with van der Waals surface area (Å²) in [5.41, 5.74) is 13.6. The normalized spacial score (nSPS) is 11.4. The molecule has 432 valence electrons. The molecule has 0 bridgehead atoms. The van der Waals surface area contributed by atoms with Crippen molar-refractivity contribution in [1.29, 1.82) is 0 Å². The van der Waals surface area contributed by atoms with Gasteiger partial charge in [0.2, 0.25) is 0 Å². The van der Waals surface area contributed by atoms with Crippen LogP contribution in [0.5, 0.6) is 0 Å². The molecule has 2 N–H and O–H groups in total. The lowest BCUT2D eigenvalue weighted by atomic mass is 9.79. The molecule has 8 heteroatoms. The van der Waals surface area contributed by atoms with E-state index < -0.39 is 7.12 Å². The molecule has 91 heavy (non-hydrogen) atoms. The molecule has 4 aromatic heterocycles. The second kappa shape index (κ2) is 23.7. The third-order valence-corrected chi connectivity index (χ3v) is 17.5. The molecule has 14 aromatic carbocycles. The van der Waals surface area contributed by atoms with Crippen LogP contribution in [0.4, 0.5) is 0 Å². The van der Waals surface area contributed by atoms with Gasteiger partial charge in [0.05, 0.1) is 22.8 Å². The van der Waals surface area contributed by atoms with Gasteiger partial charge in [-0.1, -0.05) is 286 Å². The molecule has 6 nitrogen and oxygen atoms in total.